The molecule has 0 saturated carbocycles. The van der Waals surface area contributed by atoms with Crippen molar-refractivity contribution in [2.24, 2.45) is 0 Å². The second-order valence-corrected chi connectivity index (χ2v) is 7.43. The van der Waals surface area contributed by atoms with Gasteiger partial charge in [0.1, 0.15) is 17.6 Å². The van der Waals surface area contributed by atoms with Gasteiger partial charge in [-0.15, -0.1) is 0 Å². The van der Waals surface area contributed by atoms with Crippen molar-refractivity contribution in [1.82, 2.24) is 5.32 Å². The number of aliphatic hydroxyl groups excluding tert-OH is 1. The molecule has 3 aromatic carbocycles. The number of carbonyl (C=O) groups is 1. The Kier molecular flexibility index (Phi) is 6.63. The molecule has 0 aliphatic heterocycles. The van der Waals surface area contributed by atoms with Gasteiger partial charge >= 0.3 is 0 Å². The van der Waals surface area contributed by atoms with E-state index in [-0.39, 0.29) is 24.5 Å². The van der Waals surface area contributed by atoms with E-state index in [1.165, 1.54) is 6.26 Å². The molecule has 0 aliphatic carbocycles. The maximum absolute atomic E-state index is 12.8. The lowest BCUT2D eigenvalue weighted by atomic mass is 10.1. The van der Waals surface area contributed by atoms with Crippen molar-refractivity contribution in [2.45, 2.75) is 12.5 Å². The Labute approximate surface area is 185 Å². The number of benzene rings is 3. The number of fused-ring (bicyclic) bond motifs is 1. The van der Waals surface area contributed by atoms with Crippen LogP contribution in [0.4, 0.5) is 0 Å². The van der Waals surface area contributed by atoms with Gasteiger partial charge in [-0.3, -0.25) is 9.59 Å². The third kappa shape index (κ3) is 5.04. The Balaban J connectivity index is 1.41. The summed E-state index contributed by atoms with van der Waals surface area (Å²) in [6.45, 7) is -0.394. The molecule has 0 bridgehead atoms. The second kappa shape index (κ2) is 9.94. The molecule has 2 N–H and O–H groups in total. The van der Waals surface area contributed by atoms with E-state index in [0.29, 0.717) is 28.7 Å². The zero-order valence-corrected chi connectivity index (χ0v) is 17.4. The summed E-state index contributed by atoms with van der Waals surface area (Å²) in [6, 6.07) is 23.4. The van der Waals surface area contributed by atoms with Crippen LogP contribution in [0.15, 0.2) is 94.3 Å². The van der Waals surface area contributed by atoms with E-state index in [9.17, 15) is 14.7 Å². The molecule has 6 heteroatoms. The topological polar surface area (TPSA) is 88.8 Å². The highest BCUT2D eigenvalue weighted by Gasteiger charge is 2.14. The van der Waals surface area contributed by atoms with Crippen LogP contribution in [0.5, 0.6) is 5.75 Å². The zero-order valence-electron chi connectivity index (χ0n) is 17.4. The van der Waals surface area contributed by atoms with Crippen LogP contribution in [0.2, 0.25) is 0 Å². The summed E-state index contributed by atoms with van der Waals surface area (Å²) in [5, 5.41) is 12.8. The van der Waals surface area contributed by atoms with Crippen LogP contribution in [-0.4, -0.2) is 30.3 Å². The van der Waals surface area contributed by atoms with Crippen molar-refractivity contribution < 1.29 is 19.1 Å². The van der Waals surface area contributed by atoms with Crippen molar-refractivity contribution in [2.75, 3.05) is 13.2 Å². The predicted octanol–water partition coefficient (Wildman–Crippen LogP) is 3.56. The Bertz CT molecular complexity index is 1250. The largest absolute Gasteiger partial charge is 0.484 e. The number of hydrogen-bond donors (Lipinski definition) is 2. The van der Waals surface area contributed by atoms with Gasteiger partial charge in [0.2, 0.25) is 0 Å². The van der Waals surface area contributed by atoms with Crippen molar-refractivity contribution in [3.63, 3.8) is 0 Å². The quantitative estimate of drug-likeness (QED) is 0.447. The first-order valence-corrected chi connectivity index (χ1v) is 10.3. The van der Waals surface area contributed by atoms with Gasteiger partial charge in [-0.25, -0.2) is 0 Å². The van der Waals surface area contributed by atoms with Crippen LogP contribution in [-0.2, 0) is 11.2 Å². The van der Waals surface area contributed by atoms with Crippen LogP contribution < -0.4 is 15.5 Å². The number of ether oxygens (including phenoxy) is 1. The van der Waals surface area contributed by atoms with Gasteiger partial charge in [0.25, 0.3) is 5.91 Å². The SMILES string of the molecule is O=C(COc1ccc2c(=O)c(-c3ccccc3)coc2c1)N[C@H](CO)Cc1ccccc1. The molecule has 1 heterocycles. The fraction of sp³-hybridized carbons (Fsp3) is 0.154. The highest BCUT2D eigenvalue weighted by Crippen LogP contribution is 2.23. The van der Waals surface area contributed by atoms with E-state index in [1.807, 2.05) is 60.7 Å². The number of rotatable bonds is 8. The van der Waals surface area contributed by atoms with Crippen LogP contribution in [0.1, 0.15) is 5.56 Å². The minimum atomic E-state index is -0.403. The molecule has 0 fully saturated rings. The van der Waals surface area contributed by atoms with E-state index in [0.717, 1.165) is 11.1 Å². The standard InChI is InChI=1S/C26H23NO5/c28-15-20(13-18-7-3-1-4-8-18)27-25(29)17-31-21-11-12-22-24(14-21)32-16-23(26(22)30)19-9-5-2-6-10-19/h1-12,14,16,20,28H,13,15,17H2,(H,27,29)/t20-/m0/s1. The van der Waals surface area contributed by atoms with Gasteiger partial charge in [0, 0.05) is 6.07 Å². The average Bonchev–Trinajstić information content (AvgIpc) is 2.83. The number of nitrogens with one attached hydrogen (secondary N) is 1. The van der Waals surface area contributed by atoms with Crippen molar-refractivity contribution in [3.05, 3.63) is 101 Å². The van der Waals surface area contributed by atoms with Gasteiger partial charge in [-0.1, -0.05) is 60.7 Å². The van der Waals surface area contributed by atoms with Gasteiger partial charge in [0.15, 0.2) is 12.0 Å². The molecule has 4 aromatic rings. The van der Waals surface area contributed by atoms with E-state index < -0.39 is 6.04 Å². The lowest BCUT2D eigenvalue weighted by molar-refractivity contribution is -0.124. The first-order valence-electron chi connectivity index (χ1n) is 10.3. The highest BCUT2D eigenvalue weighted by atomic mass is 16.5. The summed E-state index contributed by atoms with van der Waals surface area (Å²) in [6.07, 6.45) is 1.96. The Morgan fingerprint density at radius 1 is 1.00 bits per heavy atom. The van der Waals surface area contributed by atoms with Crippen LogP contribution in [0.3, 0.4) is 0 Å². The normalized spacial score (nSPS) is 11.8. The number of carbonyl (C=O) groups excluding carboxylic acids is 1. The number of hydrogen-bond acceptors (Lipinski definition) is 5. The Morgan fingerprint density at radius 3 is 2.44 bits per heavy atom. The molecule has 0 aliphatic rings. The molecular formula is C26H23NO5. The third-order valence-corrected chi connectivity index (χ3v) is 5.11. The Hall–Kier alpha value is -3.90. The maximum Gasteiger partial charge on any atom is 0.258 e. The maximum atomic E-state index is 12.8. The molecule has 6 nitrogen and oxygen atoms in total. The second-order valence-electron chi connectivity index (χ2n) is 7.43. The van der Waals surface area contributed by atoms with Crippen molar-refractivity contribution >= 4 is 16.9 Å². The smallest absolute Gasteiger partial charge is 0.258 e. The van der Waals surface area contributed by atoms with Crippen LogP contribution >= 0.6 is 0 Å². The number of aliphatic hydroxyl groups is 1. The molecule has 1 aromatic heterocycles. The van der Waals surface area contributed by atoms with E-state index in [4.69, 9.17) is 9.15 Å². The average molecular weight is 429 g/mol. The molecular weight excluding hydrogens is 406 g/mol. The molecule has 162 valence electrons. The van der Waals surface area contributed by atoms with E-state index in [1.54, 1.807) is 18.2 Å². The van der Waals surface area contributed by atoms with Crippen molar-refractivity contribution in [1.29, 1.82) is 0 Å². The third-order valence-electron chi connectivity index (χ3n) is 5.11. The molecule has 0 radical (unpaired) electrons. The highest BCUT2D eigenvalue weighted by molar-refractivity contribution is 5.83. The minimum Gasteiger partial charge on any atom is -0.484 e. The molecule has 4 rings (SSSR count). The summed E-state index contributed by atoms with van der Waals surface area (Å²) in [4.78, 5) is 25.1. The lowest BCUT2D eigenvalue weighted by Gasteiger charge is -2.16. The molecule has 1 amide bonds. The van der Waals surface area contributed by atoms with Crippen LogP contribution in [0, 0.1) is 0 Å². The molecule has 1 atom stereocenters. The van der Waals surface area contributed by atoms with E-state index in [2.05, 4.69) is 5.32 Å². The summed E-state index contributed by atoms with van der Waals surface area (Å²) in [5.74, 6) is 0.0628. The first kappa shape index (κ1) is 21.3. The number of amides is 1. The van der Waals surface area contributed by atoms with Gasteiger partial charge in [-0.05, 0) is 29.7 Å². The summed E-state index contributed by atoms with van der Waals surface area (Å²) < 4.78 is 11.2. The van der Waals surface area contributed by atoms with E-state index >= 15 is 0 Å². The summed E-state index contributed by atoms with van der Waals surface area (Å²) in [7, 11) is 0. The fourth-order valence-electron chi connectivity index (χ4n) is 3.49. The lowest BCUT2D eigenvalue weighted by Crippen LogP contribution is -2.41. The summed E-state index contributed by atoms with van der Waals surface area (Å²) >= 11 is 0. The Morgan fingerprint density at radius 2 is 1.72 bits per heavy atom. The van der Waals surface area contributed by atoms with Crippen molar-refractivity contribution in [3.8, 4) is 16.9 Å². The summed E-state index contributed by atoms with van der Waals surface area (Å²) in [5.41, 5.74) is 2.54. The molecule has 0 spiro atoms. The van der Waals surface area contributed by atoms with Gasteiger partial charge in [0.05, 0.1) is 23.6 Å². The molecule has 32 heavy (non-hydrogen) atoms. The predicted molar refractivity (Wildman–Crippen MR) is 123 cm³/mol. The van der Waals surface area contributed by atoms with Crippen LogP contribution in [0.25, 0.3) is 22.1 Å². The first-order chi connectivity index (χ1) is 15.6. The molecule has 0 unspecified atom stereocenters. The van der Waals surface area contributed by atoms with Gasteiger partial charge < -0.3 is 19.6 Å². The monoisotopic (exact) mass is 429 g/mol. The minimum absolute atomic E-state index is 0.131. The fourth-order valence-corrected chi connectivity index (χ4v) is 3.49. The molecule has 0 saturated heterocycles. The zero-order chi connectivity index (χ0) is 22.3. The van der Waals surface area contributed by atoms with Gasteiger partial charge in [-0.2, -0.15) is 0 Å².